The van der Waals surface area contributed by atoms with Crippen molar-refractivity contribution in [1.29, 1.82) is 0 Å². The number of esters is 1. The summed E-state index contributed by atoms with van der Waals surface area (Å²) in [5.74, 6) is 0.446. The van der Waals surface area contributed by atoms with Crippen molar-refractivity contribution in [3.63, 3.8) is 0 Å². The lowest BCUT2D eigenvalue weighted by Crippen LogP contribution is -2.36. The molecule has 11 rings (SSSR count). The normalized spacial score (nSPS) is 18.4. The first-order valence-electron chi connectivity index (χ1n) is 34.7. The Morgan fingerprint density at radius 1 is 0.702 bits per heavy atom. The van der Waals surface area contributed by atoms with Crippen molar-refractivity contribution in [2.75, 3.05) is 52.6 Å². The number of aromatic amines is 1. The molecule has 29 heteroatoms. The van der Waals surface area contributed by atoms with Gasteiger partial charge in [0.05, 0.1) is 59.2 Å². The number of nitrogens with zero attached hydrogens (tertiary/aromatic N) is 6. The van der Waals surface area contributed by atoms with Gasteiger partial charge in [0, 0.05) is 67.6 Å². The highest BCUT2D eigenvalue weighted by atomic mass is 31.2. The van der Waals surface area contributed by atoms with Crippen molar-refractivity contribution in [2.24, 2.45) is 0 Å². The van der Waals surface area contributed by atoms with Gasteiger partial charge in [-0.2, -0.15) is 0 Å². The molecule has 0 spiro atoms. The fraction of sp³-hybridized carbons (Fsp3) is 0.440. The number of benzene rings is 5. The van der Waals surface area contributed by atoms with Crippen LogP contribution < -0.4 is 43.7 Å². The summed E-state index contributed by atoms with van der Waals surface area (Å²) >= 11 is 0. The van der Waals surface area contributed by atoms with E-state index < -0.39 is 76.8 Å². The topological polar surface area (TPSA) is 348 Å². The maximum atomic E-state index is 14.0. The van der Waals surface area contributed by atoms with Crippen molar-refractivity contribution in [3.05, 3.63) is 200 Å². The molecule has 2 amide bonds. The Kier molecular flexibility index (Phi) is 28.5. The monoisotopic (exact) mass is 1470 g/mol. The summed E-state index contributed by atoms with van der Waals surface area (Å²) in [6, 6.07) is 38.6. The lowest BCUT2D eigenvalue weighted by Gasteiger charge is -2.37. The number of nitrogens with one attached hydrogen (secondary N) is 3. The van der Waals surface area contributed by atoms with Crippen molar-refractivity contribution in [1.82, 2.24) is 51.4 Å². The Morgan fingerprint density at radius 3 is 1.89 bits per heavy atom. The molecule has 0 radical (unpaired) electrons. The third-order valence-electron chi connectivity index (χ3n) is 18.2. The van der Waals surface area contributed by atoms with Crippen molar-refractivity contribution >= 4 is 51.9 Å². The van der Waals surface area contributed by atoms with Crippen LogP contribution in [-0.2, 0) is 63.3 Å². The van der Waals surface area contributed by atoms with Crippen molar-refractivity contribution in [2.45, 2.75) is 167 Å². The zero-order valence-electron chi connectivity index (χ0n) is 60.7. The average Bonchev–Trinajstić information content (AvgIpc) is 1.63. The number of carbonyl (C=O) groups is 3. The van der Waals surface area contributed by atoms with Gasteiger partial charge in [-0.05, 0) is 136 Å². The molecule has 8 aromatic rings. The van der Waals surface area contributed by atoms with E-state index in [9.17, 15) is 24.0 Å². The van der Waals surface area contributed by atoms with Crippen LogP contribution in [0.5, 0.6) is 11.5 Å². The van der Waals surface area contributed by atoms with Crippen LogP contribution in [0, 0.1) is 6.92 Å². The van der Waals surface area contributed by atoms with Crippen LogP contribution in [0.25, 0.3) is 22.3 Å². The van der Waals surface area contributed by atoms with E-state index in [0.29, 0.717) is 53.2 Å². The van der Waals surface area contributed by atoms with Crippen LogP contribution in [-0.4, -0.2) is 135 Å². The zero-order chi connectivity index (χ0) is 72.0. The van der Waals surface area contributed by atoms with Gasteiger partial charge in [0.1, 0.15) is 54.7 Å². The third-order valence-corrected chi connectivity index (χ3v) is 21.6. The predicted molar refractivity (Wildman–Crippen MR) is 396 cm³/mol. The van der Waals surface area contributed by atoms with Gasteiger partial charge in [0.25, 0.3) is 20.0 Å². The molecule has 2 saturated heterocycles. The Labute approximate surface area is 608 Å². The van der Waals surface area contributed by atoms with E-state index in [-0.39, 0.29) is 107 Å². The number of methoxy groups -OCH3 is 2. The van der Waals surface area contributed by atoms with E-state index in [0.717, 1.165) is 45.4 Å². The van der Waals surface area contributed by atoms with E-state index >= 15 is 0 Å². The van der Waals surface area contributed by atoms with Gasteiger partial charge in [-0.15, -0.1) is 0 Å². The Hall–Kier alpha value is -8.24. The maximum Gasteiger partial charge on any atom is 0.333 e. The third kappa shape index (κ3) is 19.1. The number of hydrogen-bond acceptors (Lipinski definition) is 22. The van der Waals surface area contributed by atoms with Crippen LogP contribution >= 0.6 is 17.1 Å². The minimum absolute atomic E-state index is 0. The molecule has 558 valence electrons. The first kappa shape index (κ1) is 79.9. The molecule has 4 unspecified atom stereocenters. The molecule has 3 aliphatic rings. The van der Waals surface area contributed by atoms with Crippen LogP contribution in [0.4, 0.5) is 5.82 Å². The van der Waals surface area contributed by atoms with Crippen LogP contribution in [0.1, 0.15) is 156 Å². The number of aromatic nitrogens is 6. The summed E-state index contributed by atoms with van der Waals surface area (Å²) in [6.07, 6.45) is 2.29. The predicted octanol–water partition coefficient (Wildman–Crippen LogP) is 13.2. The molecule has 3 aromatic heterocycles. The van der Waals surface area contributed by atoms with Crippen LogP contribution in [0.3, 0.4) is 0 Å². The number of imidazole rings is 1. The molecule has 1 aliphatic carbocycles. The first-order chi connectivity index (χ1) is 49.4. The quantitative estimate of drug-likeness (QED) is 0.0182. The Morgan fingerprint density at radius 2 is 1.29 bits per heavy atom. The standard InChI is InChI=1S/C75H91N9O16P2.2H3N/c1-11-36-94-101(84(47(3)4)48(5)6)99-61-38-66(82-41-49(7)72(87)81-74(82)89)98-64(61)44-96-102(95-37-12-2)100-62-39-67(97-63(62)43-93-75(8,52-28-32-54(90-9)33-29-52)53-30-34-55(91-10)35-31-53)83-46-79-69-70(77-45-78-71(69)83)80-73(88)51-26-24-50(25-27-51)40-76-65(85)22-17-23-68(86)92-42-60-58-20-15-13-18-56(58)57-19-14-16-21-59(57)60;;/h13-16,18-21,24-35,41,45-48,60-64,66-67H,11-12,17,22-23,36-40,42-44H2,1-10H3,(H,76,85)(H,81,87,89)(H,77,78,80,88);2*1H3/t61?,62?,63-,64-,66-,67-,101?,102?;;/m1../s1. The first-order valence-corrected chi connectivity index (χ1v) is 36.9. The fourth-order valence-electron chi connectivity index (χ4n) is 12.9. The molecule has 5 heterocycles. The van der Waals surface area contributed by atoms with Gasteiger partial charge in [-0.25, -0.2) is 24.4 Å². The summed E-state index contributed by atoms with van der Waals surface area (Å²) < 4.78 is 76.7. The number of rotatable bonds is 35. The number of amides is 2. The van der Waals surface area contributed by atoms with E-state index in [4.69, 9.17) is 56.0 Å². The summed E-state index contributed by atoms with van der Waals surface area (Å²) in [4.78, 5) is 82.0. The molecule has 2 aliphatic heterocycles. The fourth-order valence-corrected chi connectivity index (χ4v) is 16.0. The van der Waals surface area contributed by atoms with Gasteiger partial charge >= 0.3 is 20.3 Å². The number of H-pyrrole nitrogens is 1. The number of aryl methyl sites for hydroxylation is 1. The highest BCUT2D eigenvalue weighted by Gasteiger charge is 2.46. The summed E-state index contributed by atoms with van der Waals surface area (Å²) in [5, 5.41) is 5.83. The number of fused-ring (bicyclic) bond motifs is 4. The number of carbonyl (C=O) groups excluding carboxylic acids is 3. The highest BCUT2D eigenvalue weighted by Crippen LogP contribution is 2.52. The van der Waals surface area contributed by atoms with E-state index in [1.54, 1.807) is 56.3 Å². The van der Waals surface area contributed by atoms with Gasteiger partial charge in [0.2, 0.25) is 5.91 Å². The van der Waals surface area contributed by atoms with Crippen LogP contribution in [0.15, 0.2) is 150 Å². The lowest BCUT2D eigenvalue weighted by molar-refractivity contribution is -0.144. The summed E-state index contributed by atoms with van der Waals surface area (Å²) in [7, 11) is -0.584. The summed E-state index contributed by atoms with van der Waals surface area (Å²) in [6.45, 7) is 17.1. The van der Waals surface area contributed by atoms with E-state index in [2.05, 4.69) is 82.2 Å². The lowest BCUT2D eigenvalue weighted by atomic mass is 9.87. The van der Waals surface area contributed by atoms with Gasteiger partial charge in [0.15, 0.2) is 17.0 Å². The van der Waals surface area contributed by atoms with Gasteiger partial charge in [-0.3, -0.25) is 33.3 Å². The van der Waals surface area contributed by atoms with Gasteiger partial charge < -0.3 is 74.0 Å². The molecule has 8 atom stereocenters. The number of ether oxygens (including phenoxy) is 6. The zero-order valence-corrected chi connectivity index (χ0v) is 62.5. The minimum atomic E-state index is -2.18. The molecule has 2 fully saturated rings. The van der Waals surface area contributed by atoms with E-state index in [1.807, 2.05) is 93.6 Å². The second-order valence-electron chi connectivity index (χ2n) is 26.0. The number of hydrogen-bond donors (Lipinski definition) is 5. The summed E-state index contributed by atoms with van der Waals surface area (Å²) in [5.41, 5.74) is 6.18. The second kappa shape index (κ2) is 37.1. The Balaban J connectivity index is 0.00000627. The smallest absolute Gasteiger partial charge is 0.333 e. The minimum Gasteiger partial charge on any atom is -0.497 e. The largest absolute Gasteiger partial charge is 0.497 e. The SMILES string of the molecule is CCCOP(OC[C@H]1O[C@@H](n2cc(C)c(=O)[nH]c2=O)CC1OP(OCCC)N(C(C)C)C(C)C)OC1C[C@H](n2cnc3c(NC(=O)c4ccc(CNC(=O)CCCC(=O)OCC5c6ccccc6-c6ccccc65)cc4)ncnc32)O[C@@H]1COC(C)(c1ccc(OC)cc1)c1ccc(OC)cc1.N.N. The average molecular weight is 1470 g/mol. The molecule has 0 bridgehead atoms. The molecule has 9 N–H and O–H groups in total. The van der Waals surface area contributed by atoms with Gasteiger partial charge in [-0.1, -0.05) is 98.8 Å². The van der Waals surface area contributed by atoms with Crippen molar-refractivity contribution < 1.29 is 65.4 Å². The second-order valence-corrected chi connectivity index (χ2v) is 28.6. The molecule has 104 heavy (non-hydrogen) atoms. The number of anilines is 1. The van der Waals surface area contributed by atoms with Crippen molar-refractivity contribution in [3.8, 4) is 22.6 Å². The molecule has 27 nitrogen and oxygen atoms in total. The molecule has 5 aromatic carbocycles. The maximum absolute atomic E-state index is 14.0. The Bertz CT molecular complexity index is 4160. The molecular weight excluding hydrogens is 1370 g/mol. The molecular formula is C75H97N11O16P2. The van der Waals surface area contributed by atoms with E-state index in [1.165, 1.54) is 17.1 Å². The van der Waals surface area contributed by atoms with Crippen LogP contribution in [0.2, 0.25) is 0 Å². The molecule has 0 saturated carbocycles. The highest BCUT2D eigenvalue weighted by molar-refractivity contribution is 7.44.